The van der Waals surface area contributed by atoms with Gasteiger partial charge in [-0.2, -0.15) is 0 Å². The van der Waals surface area contributed by atoms with Crippen molar-refractivity contribution in [1.29, 1.82) is 0 Å². The molecule has 0 aliphatic rings. The summed E-state index contributed by atoms with van der Waals surface area (Å²) in [6.07, 6.45) is 1.09. The minimum atomic E-state index is -0.630. The molecule has 3 rings (SSSR count). The molecule has 5 heteroatoms. The fraction of sp³-hybridized carbons (Fsp3) is 0.294. The zero-order valence-corrected chi connectivity index (χ0v) is 12.7. The smallest absolute Gasteiger partial charge is 0.138 e. The van der Waals surface area contributed by atoms with E-state index in [2.05, 4.69) is 9.97 Å². The molecule has 2 heterocycles. The van der Waals surface area contributed by atoms with Crippen molar-refractivity contribution in [3.05, 3.63) is 54.1 Å². The third-order valence-electron chi connectivity index (χ3n) is 3.49. The Labute approximate surface area is 129 Å². The predicted octanol–water partition coefficient (Wildman–Crippen LogP) is 2.93. The molecule has 1 aromatic carbocycles. The SMILES string of the molecule is CCOc1ccc(Cn2c(C(C)O)nc3ccccc32)nc1. The summed E-state index contributed by atoms with van der Waals surface area (Å²) >= 11 is 0. The molecule has 0 saturated carbocycles. The topological polar surface area (TPSA) is 60.2 Å². The van der Waals surface area contributed by atoms with Crippen LogP contribution in [0.25, 0.3) is 11.0 Å². The van der Waals surface area contributed by atoms with Gasteiger partial charge < -0.3 is 14.4 Å². The van der Waals surface area contributed by atoms with Crippen LogP contribution >= 0.6 is 0 Å². The van der Waals surface area contributed by atoms with Crippen molar-refractivity contribution in [3.8, 4) is 5.75 Å². The lowest BCUT2D eigenvalue weighted by atomic mass is 10.3. The molecule has 0 saturated heterocycles. The van der Waals surface area contributed by atoms with E-state index >= 15 is 0 Å². The third kappa shape index (κ3) is 2.80. The van der Waals surface area contributed by atoms with Gasteiger partial charge in [0.2, 0.25) is 0 Å². The minimum absolute atomic E-state index is 0.563. The number of hydrogen-bond acceptors (Lipinski definition) is 4. The number of rotatable bonds is 5. The maximum atomic E-state index is 9.97. The molecule has 0 fully saturated rings. The standard InChI is InChI=1S/C17H19N3O2/c1-3-22-14-9-8-13(18-10-14)11-20-16-7-5-4-6-15(16)19-17(20)12(2)21/h4-10,12,21H,3,11H2,1-2H3. The Kier molecular flexibility index (Phi) is 4.06. The Hall–Kier alpha value is -2.40. The van der Waals surface area contributed by atoms with Crippen LogP contribution in [0.5, 0.6) is 5.75 Å². The molecule has 0 aliphatic carbocycles. The van der Waals surface area contributed by atoms with E-state index in [0.717, 1.165) is 22.5 Å². The maximum absolute atomic E-state index is 9.97. The molecular formula is C17H19N3O2. The van der Waals surface area contributed by atoms with Crippen molar-refractivity contribution < 1.29 is 9.84 Å². The van der Waals surface area contributed by atoms with E-state index in [0.29, 0.717) is 19.0 Å². The normalized spacial score (nSPS) is 12.5. The highest BCUT2D eigenvalue weighted by Crippen LogP contribution is 2.22. The van der Waals surface area contributed by atoms with Gasteiger partial charge in [-0.15, -0.1) is 0 Å². The van der Waals surface area contributed by atoms with E-state index in [1.807, 2.05) is 47.9 Å². The van der Waals surface area contributed by atoms with Gasteiger partial charge in [0.05, 0.1) is 36.1 Å². The van der Waals surface area contributed by atoms with Crippen molar-refractivity contribution in [2.24, 2.45) is 0 Å². The zero-order chi connectivity index (χ0) is 15.5. The lowest BCUT2D eigenvalue weighted by Gasteiger charge is -2.11. The number of benzene rings is 1. The van der Waals surface area contributed by atoms with E-state index in [4.69, 9.17) is 4.74 Å². The Morgan fingerprint density at radius 2 is 2.05 bits per heavy atom. The summed E-state index contributed by atoms with van der Waals surface area (Å²) in [4.78, 5) is 8.94. The fourth-order valence-electron chi connectivity index (χ4n) is 2.50. The summed E-state index contributed by atoms with van der Waals surface area (Å²) in [5.41, 5.74) is 2.77. The van der Waals surface area contributed by atoms with Gasteiger partial charge in [0.15, 0.2) is 0 Å². The summed E-state index contributed by atoms with van der Waals surface area (Å²) in [6.45, 7) is 4.86. The van der Waals surface area contributed by atoms with Gasteiger partial charge in [-0.25, -0.2) is 4.98 Å². The van der Waals surface area contributed by atoms with Crippen LogP contribution in [0.15, 0.2) is 42.6 Å². The van der Waals surface area contributed by atoms with Gasteiger partial charge in [-0.1, -0.05) is 12.1 Å². The first-order valence-electron chi connectivity index (χ1n) is 7.40. The molecule has 1 unspecified atom stereocenters. The summed E-state index contributed by atoms with van der Waals surface area (Å²) in [6, 6.07) is 11.7. The van der Waals surface area contributed by atoms with Gasteiger partial charge in [0.1, 0.15) is 17.7 Å². The number of nitrogens with zero attached hydrogens (tertiary/aromatic N) is 3. The van der Waals surface area contributed by atoms with Gasteiger partial charge >= 0.3 is 0 Å². The maximum Gasteiger partial charge on any atom is 0.138 e. The van der Waals surface area contributed by atoms with Crippen molar-refractivity contribution in [2.75, 3.05) is 6.61 Å². The Morgan fingerprint density at radius 3 is 2.73 bits per heavy atom. The number of fused-ring (bicyclic) bond motifs is 1. The molecule has 0 spiro atoms. The van der Waals surface area contributed by atoms with Crippen LogP contribution in [-0.2, 0) is 6.54 Å². The average Bonchev–Trinajstić information content (AvgIpc) is 2.89. The van der Waals surface area contributed by atoms with E-state index in [1.165, 1.54) is 0 Å². The predicted molar refractivity (Wildman–Crippen MR) is 84.9 cm³/mol. The number of aromatic nitrogens is 3. The quantitative estimate of drug-likeness (QED) is 0.786. The Bertz CT molecular complexity index is 763. The van der Waals surface area contributed by atoms with Crippen LogP contribution in [0.1, 0.15) is 31.5 Å². The first kappa shape index (κ1) is 14.5. The van der Waals surface area contributed by atoms with Gasteiger partial charge in [-0.05, 0) is 38.1 Å². The van der Waals surface area contributed by atoms with Crippen LogP contribution in [0.3, 0.4) is 0 Å². The number of imidazole rings is 1. The van der Waals surface area contributed by atoms with Crippen molar-refractivity contribution in [1.82, 2.24) is 14.5 Å². The largest absolute Gasteiger partial charge is 0.492 e. The zero-order valence-electron chi connectivity index (χ0n) is 12.7. The molecule has 114 valence electrons. The van der Waals surface area contributed by atoms with E-state index in [9.17, 15) is 5.11 Å². The lowest BCUT2D eigenvalue weighted by molar-refractivity contribution is 0.185. The molecule has 0 radical (unpaired) electrons. The van der Waals surface area contributed by atoms with Gasteiger partial charge in [0, 0.05) is 0 Å². The van der Waals surface area contributed by atoms with Crippen LogP contribution in [-0.4, -0.2) is 26.2 Å². The van der Waals surface area contributed by atoms with Crippen LogP contribution in [0.4, 0.5) is 0 Å². The highest BCUT2D eigenvalue weighted by molar-refractivity contribution is 5.76. The molecular weight excluding hydrogens is 278 g/mol. The summed E-state index contributed by atoms with van der Waals surface area (Å²) in [5.74, 6) is 1.41. The summed E-state index contributed by atoms with van der Waals surface area (Å²) in [7, 11) is 0. The Balaban J connectivity index is 1.97. The minimum Gasteiger partial charge on any atom is -0.492 e. The lowest BCUT2D eigenvalue weighted by Crippen LogP contribution is -2.09. The van der Waals surface area contributed by atoms with Crippen molar-refractivity contribution >= 4 is 11.0 Å². The highest BCUT2D eigenvalue weighted by atomic mass is 16.5. The second-order valence-electron chi connectivity index (χ2n) is 5.14. The molecule has 1 N–H and O–H groups in total. The summed E-state index contributed by atoms with van der Waals surface area (Å²) < 4.78 is 7.41. The molecule has 22 heavy (non-hydrogen) atoms. The molecule has 2 aromatic heterocycles. The van der Waals surface area contributed by atoms with Crippen LogP contribution in [0, 0.1) is 0 Å². The molecule has 3 aromatic rings. The molecule has 0 aliphatic heterocycles. The first-order valence-corrected chi connectivity index (χ1v) is 7.40. The van der Waals surface area contributed by atoms with Crippen molar-refractivity contribution in [2.45, 2.75) is 26.5 Å². The number of para-hydroxylation sites is 2. The van der Waals surface area contributed by atoms with Crippen molar-refractivity contribution in [3.63, 3.8) is 0 Å². The molecule has 0 amide bonds. The fourth-order valence-corrected chi connectivity index (χ4v) is 2.50. The van der Waals surface area contributed by atoms with Crippen LogP contribution in [0.2, 0.25) is 0 Å². The number of hydrogen-bond donors (Lipinski definition) is 1. The van der Waals surface area contributed by atoms with Gasteiger partial charge in [0.25, 0.3) is 0 Å². The summed E-state index contributed by atoms with van der Waals surface area (Å²) in [5, 5.41) is 9.97. The highest BCUT2D eigenvalue weighted by Gasteiger charge is 2.15. The molecule has 1 atom stereocenters. The monoisotopic (exact) mass is 297 g/mol. The van der Waals surface area contributed by atoms with E-state index < -0.39 is 6.10 Å². The second-order valence-corrected chi connectivity index (χ2v) is 5.14. The second kappa shape index (κ2) is 6.15. The number of aliphatic hydroxyl groups excluding tert-OH is 1. The first-order chi connectivity index (χ1) is 10.7. The number of ether oxygens (including phenoxy) is 1. The molecule has 5 nitrogen and oxygen atoms in total. The van der Waals surface area contributed by atoms with Gasteiger partial charge in [-0.3, -0.25) is 4.98 Å². The number of aliphatic hydroxyl groups is 1. The number of pyridine rings is 1. The molecule has 0 bridgehead atoms. The van der Waals surface area contributed by atoms with E-state index in [1.54, 1.807) is 13.1 Å². The van der Waals surface area contributed by atoms with Crippen LogP contribution < -0.4 is 4.74 Å². The average molecular weight is 297 g/mol. The Morgan fingerprint density at radius 1 is 1.23 bits per heavy atom. The van der Waals surface area contributed by atoms with E-state index in [-0.39, 0.29) is 0 Å². The third-order valence-corrected chi connectivity index (χ3v) is 3.49.